The number of likely N-dealkylation sites (tertiary alicyclic amines) is 1. The zero-order valence-electron chi connectivity index (χ0n) is 17.9. The number of rotatable bonds is 8. The van der Waals surface area contributed by atoms with Gasteiger partial charge in [0.1, 0.15) is 17.3 Å². The van der Waals surface area contributed by atoms with E-state index in [1.807, 2.05) is 13.8 Å². The molecule has 2 aromatic carbocycles. The maximum Gasteiger partial charge on any atom is 0.295 e. The van der Waals surface area contributed by atoms with Crippen LogP contribution in [-0.4, -0.2) is 53.2 Å². The van der Waals surface area contributed by atoms with E-state index in [1.165, 1.54) is 24.1 Å². The second-order valence-corrected chi connectivity index (χ2v) is 7.56. The number of para-hydroxylation sites is 1. The molecule has 0 radical (unpaired) electrons. The van der Waals surface area contributed by atoms with Gasteiger partial charge in [-0.2, -0.15) is 0 Å². The van der Waals surface area contributed by atoms with Crippen LogP contribution in [0.1, 0.15) is 37.4 Å². The molecule has 0 saturated carbocycles. The van der Waals surface area contributed by atoms with Crippen LogP contribution in [-0.2, 0) is 14.3 Å². The number of hydrogen-bond acceptors (Lipinski definition) is 6. The Hall–Kier alpha value is -3.32. The van der Waals surface area contributed by atoms with Gasteiger partial charge in [-0.25, -0.2) is 0 Å². The highest BCUT2D eigenvalue weighted by Crippen LogP contribution is 2.41. The average molecular weight is 425 g/mol. The Labute approximate surface area is 181 Å². The number of ether oxygens (including phenoxy) is 2. The standard InChI is InChI=1S/C24H27NO6/c1-15(2)31-13-7-12-25-21(16-8-6-9-17(26)14-16)20(23(28)24(25)29)22(27)18-10-4-5-11-19(18)30-3/h4-6,8-11,14-15,21,26-27H,7,12-13H2,1-3H3/b22-20-. The summed E-state index contributed by atoms with van der Waals surface area (Å²) in [5.41, 5.74) is 0.807. The molecule has 0 spiro atoms. The van der Waals surface area contributed by atoms with Crippen LogP contribution < -0.4 is 4.74 Å². The third-order valence-electron chi connectivity index (χ3n) is 5.08. The van der Waals surface area contributed by atoms with Gasteiger partial charge >= 0.3 is 0 Å². The van der Waals surface area contributed by atoms with Gasteiger partial charge in [-0.3, -0.25) is 9.59 Å². The SMILES string of the molecule is COc1ccccc1/C(O)=C1/C(=O)C(=O)N(CCCOC(C)C)C1c1cccc(O)c1. The van der Waals surface area contributed by atoms with Crippen molar-refractivity contribution in [2.45, 2.75) is 32.4 Å². The molecule has 1 aliphatic rings. The summed E-state index contributed by atoms with van der Waals surface area (Å²) in [6, 6.07) is 12.2. The Morgan fingerprint density at radius 1 is 1.13 bits per heavy atom. The van der Waals surface area contributed by atoms with Crippen molar-refractivity contribution < 1.29 is 29.3 Å². The highest BCUT2D eigenvalue weighted by molar-refractivity contribution is 6.46. The van der Waals surface area contributed by atoms with Crippen molar-refractivity contribution in [3.63, 3.8) is 0 Å². The quantitative estimate of drug-likeness (QED) is 0.290. The van der Waals surface area contributed by atoms with Crippen LogP contribution in [0.5, 0.6) is 11.5 Å². The fourth-order valence-corrected chi connectivity index (χ4v) is 3.69. The number of aromatic hydroxyl groups is 1. The summed E-state index contributed by atoms with van der Waals surface area (Å²) in [6.45, 7) is 4.54. The van der Waals surface area contributed by atoms with Crippen molar-refractivity contribution in [3.8, 4) is 11.5 Å². The second kappa shape index (κ2) is 9.66. The van der Waals surface area contributed by atoms with Gasteiger partial charge in [-0.15, -0.1) is 0 Å². The van der Waals surface area contributed by atoms with Crippen molar-refractivity contribution in [1.82, 2.24) is 4.90 Å². The molecule has 1 unspecified atom stereocenters. The first kappa shape index (κ1) is 22.4. The molecule has 3 rings (SSSR count). The number of Topliss-reactive ketones (excluding diaryl/α,β-unsaturated/α-hetero) is 1. The maximum atomic E-state index is 13.0. The number of ketones is 1. The highest BCUT2D eigenvalue weighted by atomic mass is 16.5. The van der Waals surface area contributed by atoms with Crippen molar-refractivity contribution in [2.24, 2.45) is 0 Å². The molecule has 7 heteroatoms. The Kier molecular flexibility index (Phi) is 6.97. The van der Waals surface area contributed by atoms with Crippen LogP contribution in [0.2, 0.25) is 0 Å². The van der Waals surface area contributed by atoms with Crippen molar-refractivity contribution in [2.75, 3.05) is 20.3 Å². The minimum atomic E-state index is -0.837. The number of methoxy groups -OCH3 is 1. The highest BCUT2D eigenvalue weighted by Gasteiger charge is 2.46. The summed E-state index contributed by atoms with van der Waals surface area (Å²) in [4.78, 5) is 27.3. The minimum Gasteiger partial charge on any atom is -0.508 e. The third kappa shape index (κ3) is 4.72. The number of aliphatic hydroxyl groups is 1. The number of phenols is 1. The lowest BCUT2D eigenvalue weighted by atomic mass is 9.95. The van der Waals surface area contributed by atoms with E-state index in [2.05, 4.69) is 0 Å². The zero-order chi connectivity index (χ0) is 22.5. The molecule has 0 aromatic heterocycles. The van der Waals surface area contributed by atoms with Crippen LogP contribution in [0.15, 0.2) is 54.1 Å². The van der Waals surface area contributed by atoms with E-state index in [-0.39, 0.29) is 29.7 Å². The van der Waals surface area contributed by atoms with E-state index >= 15 is 0 Å². The first-order valence-corrected chi connectivity index (χ1v) is 10.2. The van der Waals surface area contributed by atoms with Gasteiger partial charge in [0.05, 0.1) is 30.4 Å². The predicted octanol–water partition coefficient (Wildman–Crippen LogP) is 3.64. The normalized spacial score (nSPS) is 18.1. The Morgan fingerprint density at radius 3 is 2.55 bits per heavy atom. The molecule has 7 nitrogen and oxygen atoms in total. The zero-order valence-corrected chi connectivity index (χ0v) is 17.9. The molecule has 1 atom stereocenters. The summed E-state index contributed by atoms with van der Waals surface area (Å²) in [5.74, 6) is -1.41. The maximum absolute atomic E-state index is 13.0. The van der Waals surface area contributed by atoms with Gasteiger partial charge in [0.15, 0.2) is 0 Å². The first-order valence-electron chi connectivity index (χ1n) is 10.2. The summed E-state index contributed by atoms with van der Waals surface area (Å²) in [5, 5.41) is 21.1. The molecule has 0 aliphatic carbocycles. The Bertz CT molecular complexity index is 997. The van der Waals surface area contributed by atoms with E-state index in [0.717, 1.165) is 0 Å². The van der Waals surface area contributed by atoms with E-state index in [4.69, 9.17) is 9.47 Å². The van der Waals surface area contributed by atoms with E-state index in [9.17, 15) is 19.8 Å². The lowest BCUT2D eigenvalue weighted by Crippen LogP contribution is -2.31. The third-order valence-corrected chi connectivity index (χ3v) is 5.08. The second-order valence-electron chi connectivity index (χ2n) is 7.56. The van der Waals surface area contributed by atoms with Crippen molar-refractivity contribution in [1.29, 1.82) is 0 Å². The Morgan fingerprint density at radius 2 is 1.87 bits per heavy atom. The number of hydrogen-bond donors (Lipinski definition) is 2. The number of carbonyl (C=O) groups is 2. The summed E-state index contributed by atoms with van der Waals surface area (Å²) < 4.78 is 10.9. The number of amides is 1. The molecule has 1 amide bonds. The lowest BCUT2D eigenvalue weighted by molar-refractivity contribution is -0.140. The number of aliphatic hydroxyl groups excluding tert-OH is 1. The van der Waals surface area contributed by atoms with Crippen LogP contribution >= 0.6 is 0 Å². The molecule has 2 aromatic rings. The van der Waals surface area contributed by atoms with Gasteiger partial charge in [-0.1, -0.05) is 24.3 Å². The molecule has 1 heterocycles. The van der Waals surface area contributed by atoms with Crippen LogP contribution in [0, 0.1) is 0 Å². The summed E-state index contributed by atoms with van der Waals surface area (Å²) in [6.07, 6.45) is 0.581. The lowest BCUT2D eigenvalue weighted by Gasteiger charge is -2.25. The molecule has 1 fully saturated rings. The summed E-state index contributed by atoms with van der Waals surface area (Å²) in [7, 11) is 1.46. The predicted molar refractivity (Wildman–Crippen MR) is 116 cm³/mol. The van der Waals surface area contributed by atoms with Crippen LogP contribution in [0.4, 0.5) is 0 Å². The first-order chi connectivity index (χ1) is 14.8. The van der Waals surface area contributed by atoms with E-state index in [1.54, 1.807) is 36.4 Å². The Balaban J connectivity index is 2.08. The molecule has 31 heavy (non-hydrogen) atoms. The largest absolute Gasteiger partial charge is 0.508 e. The smallest absolute Gasteiger partial charge is 0.295 e. The molecule has 164 valence electrons. The number of nitrogens with zero attached hydrogens (tertiary/aromatic N) is 1. The molecule has 1 aliphatic heterocycles. The number of benzene rings is 2. The van der Waals surface area contributed by atoms with Gasteiger partial charge in [-0.05, 0) is 50.1 Å². The number of carbonyl (C=O) groups excluding carboxylic acids is 2. The minimum absolute atomic E-state index is 0.00326. The van der Waals surface area contributed by atoms with Crippen molar-refractivity contribution in [3.05, 3.63) is 65.2 Å². The fraction of sp³-hybridized carbons (Fsp3) is 0.333. The van der Waals surface area contributed by atoms with Gasteiger partial charge in [0, 0.05) is 13.2 Å². The fourth-order valence-electron chi connectivity index (χ4n) is 3.69. The van der Waals surface area contributed by atoms with E-state index < -0.39 is 17.7 Å². The average Bonchev–Trinajstić information content (AvgIpc) is 3.01. The van der Waals surface area contributed by atoms with Crippen molar-refractivity contribution >= 4 is 17.4 Å². The molecule has 1 saturated heterocycles. The topological polar surface area (TPSA) is 96.3 Å². The molecular weight excluding hydrogens is 398 g/mol. The van der Waals surface area contributed by atoms with Crippen LogP contribution in [0.3, 0.4) is 0 Å². The number of phenolic OH excluding ortho intramolecular Hbond substituents is 1. The van der Waals surface area contributed by atoms with Gasteiger partial charge in [0.25, 0.3) is 11.7 Å². The molecular formula is C24H27NO6. The van der Waals surface area contributed by atoms with Crippen LogP contribution in [0.25, 0.3) is 5.76 Å². The monoisotopic (exact) mass is 425 g/mol. The van der Waals surface area contributed by atoms with Gasteiger partial charge in [0.2, 0.25) is 0 Å². The van der Waals surface area contributed by atoms with Gasteiger partial charge < -0.3 is 24.6 Å². The molecule has 2 N–H and O–H groups in total. The summed E-state index contributed by atoms with van der Waals surface area (Å²) >= 11 is 0. The molecule has 0 bridgehead atoms. The van der Waals surface area contributed by atoms with E-state index in [0.29, 0.717) is 29.9 Å².